The molecule has 2 radical (unpaired) electrons. The van der Waals surface area contributed by atoms with Crippen LogP contribution in [-0.4, -0.2) is 0 Å². The maximum Gasteiger partial charge on any atom is -0.0279 e. The summed E-state index contributed by atoms with van der Waals surface area (Å²) in [4.78, 5) is 0. The fourth-order valence-electron chi connectivity index (χ4n) is 1.21. The fourth-order valence-corrected chi connectivity index (χ4v) is 1.21. The van der Waals surface area contributed by atoms with Gasteiger partial charge in [0.05, 0.1) is 0 Å². The van der Waals surface area contributed by atoms with Crippen molar-refractivity contribution >= 4 is 0 Å². The molecule has 0 aliphatic carbocycles. The zero-order valence-electron chi connectivity index (χ0n) is 8.44. The predicted octanol–water partition coefficient (Wildman–Crippen LogP) is 4.32. The molecule has 0 aliphatic heterocycles. The van der Waals surface area contributed by atoms with E-state index in [-0.39, 0.29) is 0 Å². The van der Waals surface area contributed by atoms with E-state index in [0.29, 0.717) is 0 Å². The predicted molar refractivity (Wildman–Crippen MR) is 55.8 cm³/mol. The van der Waals surface area contributed by atoms with E-state index in [1.165, 1.54) is 38.5 Å². The maximum absolute atomic E-state index is 3.73. The lowest BCUT2D eigenvalue weighted by atomic mass is 10.1. The minimum absolute atomic E-state index is 0.885. The van der Waals surface area contributed by atoms with E-state index in [2.05, 4.69) is 19.9 Å². The maximum atomic E-state index is 3.73. The highest BCUT2D eigenvalue weighted by atomic mass is 13.9. The van der Waals surface area contributed by atoms with E-state index in [1.54, 1.807) is 0 Å². The molecular formula is C12H22. The SMILES string of the molecule is [CH2]C/C=[C]/CCCCCCCC. The zero-order chi connectivity index (χ0) is 9.07. The van der Waals surface area contributed by atoms with Crippen molar-refractivity contribution in [3.63, 3.8) is 0 Å². The Kier molecular flexibility index (Phi) is 10.5. The highest BCUT2D eigenvalue weighted by Gasteiger charge is 1.87. The number of hydrogen-bond donors (Lipinski definition) is 0. The molecule has 70 valence electrons. The average molecular weight is 166 g/mol. The molecule has 0 heteroatoms. The molecule has 0 rings (SSSR count). The molecule has 0 bridgehead atoms. The smallest absolute Gasteiger partial charge is 0.0279 e. The highest BCUT2D eigenvalue weighted by Crippen LogP contribution is 2.06. The van der Waals surface area contributed by atoms with Gasteiger partial charge in [0.2, 0.25) is 0 Å². The van der Waals surface area contributed by atoms with Crippen LogP contribution in [0.2, 0.25) is 0 Å². The second kappa shape index (κ2) is 10.7. The molecule has 0 fully saturated rings. The van der Waals surface area contributed by atoms with Gasteiger partial charge in [-0.2, -0.15) is 0 Å². The van der Waals surface area contributed by atoms with E-state index >= 15 is 0 Å². The van der Waals surface area contributed by atoms with Crippen molar-refractivity contribution in [3.8, 4) is 0 Å². The van der Waals surface area contributed by atoms with Crippen LogP contribution in [0.3, 0.4) is 0 Å². The van der Waals surface area contributed by atoms with Crippen molar-refractivity contribution < 1.29 is 0 Å². The first-order valence-corrected chi connectivity index (χ1v) is 5.26. The van der Waals surface area contributed by atoms with Crippen LogP contribution in [0.25, 0.3) is 0 Å². The van der Waals surface area contributed by atoms with Gasteiger partial charge in [-0.05, 0) is 32.3 Å². The van der Waals surface area contributed by atoms with Crippen molar-refractivity contribution in [3.05, 3.63) is 19.1 Å². The molecule has 0 spiro atoms. The molecule has 0 heterocycles. The first-order chi connectivity index (χ1) is 5.91. The molecule has 0 saturated carbocycles. The van der Waals surface area contributed by atoms with Crippen LogP contribution in [0, 0.1) is 13.0 Å². The lowest BCUT2D eigenvalue weighted by molar-refractivity contribution is 0.609. The minimum atomic E-state index is 0.885. The van der Waals surface area contributed by atoms with Gasteiger partial charge in [0.25, 0.3) is 0 Å². The van der Waals surface area contributed by atoms with Crippen LogP contribution in [0.4, 0.5) is 0 Å². The first-order valence-electron chi connectivity index (χ1n) is 5.26. The number of unbranched alkanes of at least 4 members (excludes halogenated alkanes) is 6. The van der Waals surface area contributed by atoms with Gasteiger partial charge in [0, 0.05) is 0 Å². The Bertz CT molecular complexity index is 92.2. The van der Waals surface area contributed by atoms with Crippen molar-refractivity contribution in [2.75, 3.05) is 0 Å². The summed E-state index contributed by atoms with van der Waals surface area (Å²) in [5, 5.41) is 0. The second-order valence-corrected chi connectivity index (χ2v) is 3.21. The van der Waals surface area contributed by atoms with E-state index in [1.807, 2.05) is 6.08 Å². The van der Waals surface area contributed by atoms with Gasteiger partial charge in [-0.1, -0.05) is 45.1 Å². The second-order valence-electron chi connectivity index (χ2n) is 3.21. The van der Waals surface area contributed by atoms with E-state index in [4.69, 9.17) is 0 Å². The molecule has 0 aliphatic rings. The molecule has 0 atom stereocenters. The van der Waals surface area contributed by atoms with Gasteiger partial charge in [0.1, 0.15) is 0 Å². The summed E-state index contributed by atoms with van der Waals surface area (Å²) in [5.41, 5.74) is 0. The summed E-state index contributed by atoms with van der Waals surface area (Å²) in [6.07, 6.45) is 15.5. The third-order valence-corrected chi connectivity index (χ3v) is 1.96. The van der Waals surface area contributed by atoms with Crippen LogP contribution in [0.15, 0.2) is 6.08 Å². The molecule has 0 aromatic heterocycles. The third-order valence-electron chi connectivity index (χ3n) is 1.96. The van der Waals surface area contributed by atoms with Gasteiger partial charge >= 0.3 is 0 Å². The lowest BCUT2D eigenvalue weighted by Crippen LogP contribution is -1.77. The molecule has 0 aromatic rings. The summed E-state index contributed by atoms with van der Waals surface area (Å²) in [6, 6.07) is 0. The van der Waals surface area contributed by atoms with Crippen molar-refractivity contribution in [2.45, 2.75) is 58.3 Å². The summed E-state index contributed by atoms with van der Waals surface area (Å²) in [7, 11) is 0. The van der Waals surface area contributed by atoms with Gasteiger partial charge in [0.15, 0.2) is 0 Å². The van der Waals surface area contributed by atoms with E-state index < -0.39 is 0 Å². The third kappa shape index (κ3) is 9.74. The van der Waals surface area contributed by atoms with Gasteiger partial charge in [-0.15, -0.1) is 0 Å². The summed E-state index contributed by atoms with van der Waals surface area (Å²) in [5.74, 6) is 0. The largest absolute Gasteiger partial charge is 0.0811 e. The molecule has 0 saturated heterocycles. The monoisotopic (exact) mass is 166 g/mol. The number of rotatable bonds is 8. The molecule has 0 nitrogen and oxygen atoms in total. The van der Waals surface area contributed by atoms with Gasteiger partial charge < -0.3 is 0 Å². The van der Waals surface area contributed by atoms with Crippen LogP contribution >= 0.6 is 0 Å². The highest BCUT2D eigenvalue weighted by molar-refractivity contribution is 4.74. The summed E-state index contributed by atoms with van der Waals surface area (Å²) >= 11 is 0. The standard InChI is InChI=1S/C12H22/c1-3-5-7-9-11-12-10-8-6-4-2/h5H,1,3-4,6,8-12H2,2H3. The molecule has 0 N–H and O–H groups in total. The number of allylic oxidation sites excluding steroid dienone is 2. The molecule has 0 amide bonds. The van der Waals surface area contributed by atoms with Crippen molar-refractivity contribution in [1.82, 2.24) is 0 Å². The molecule has 0 unspecified atom stereocenters. The Hall–Kier alpha value is -0.260. The first kappa shape index (κ1) is 11.7. The Labute approximate surface area is 78.1 Å². The fraction of sp³-hybridized carbons (Fsp3) is 0.750. The quantitative estimate of drug-likeness (QED) is 0.471. The summed E-state index contributed by atoms with van der Waals surface area (Å²) in [6.45, 7) is 5.98. The zero-order valence-corrected chi connectivity index (χ0v) is 8.44. The van der Waals surface area contributed by atoms with Crippen LogP contribution in [0.1, 0.15) is 58.3 Å². The van der Waals surface area contributed by atoms with Crippen LogP contribution in [-0.2, 0) is 0 Å². The molecule has 12 heavy (non-hydrogen) atoms. The Morgan fingerprint density at radius 2 is 1.75 bits per heavy atom. The molecular weight excluding hydrogens is 144 g/mol. The topological polar surface area (TPSA) is 0 Å². The van der Waals surface area contributed by atoms with Crippen LogP contribution in [0.5, 0.6) is 0 Å². The van der Waals surface area contributed by atoms with Gasteiger partial charge in [-0.25, -0.2) is 0 Å². The van der Waals surface area contributed by atoms with Crippen molar-refractivity contribution in [1.29, 1.82) is 0 Å². The normalized spacial score (nSPS) is 11.2. The minimum Gasteiger partial charge on any atom is -0.0811 e. The summed E-state index contributed by atoms with van der Waals surface area (Å²) < 4.78 is 0. The Morgan fingerprint density at radius 1 is 1.08 bits per heavy atom. The van der Waals surface area contributed by atoms with Crippen molar-refractivity contribution in [2.24, 2.45) is 0 Å². The van der Waals surface area contributed by atoms with E-state index in [9.17, 15) is 0 Å². The number of hydrogen-bond acceptors (Lipinski definition) is 0. The van der Waals surface area contributed by atoms with Gasteiger partial charge in [-0.3, -0.25) is 0 Å². The Morgan fingerprint density at radius 3 is 2.42 bits per heavy atom. The lowest BCUT2D eigenvalue weighted by Gasteiger charge is -1.96. The average Bonchev–Trinajstić information content (AvgIpc) is 2.10. The molecule has 0 aromatic carbocycles. The van der Waals surface area contributed by atoms with E-state index in [0.717, 1.165) is 12.8 Å². The van der Waals surface area contributed by atoms with Crippen LogP contribution < -0.4 is 0 Å². The Balaban J connectivity index is 2.86.